The maximum Gasteiger partial charge on any atom is 0.324 e. The number of carbonyl (C=O) groups excluding carboxylic acids is 2. The van der Waals surface area contributed by atoms with Crippen molar-refractivity contribution in [1.82, 2.24) is 4.90 Å². The van der Waals surface area contributed by atoms with E-state index in [0.29, 0.717) is 47.8 Å². The number of halogens is 2. The number of rotatable bonds is 6. The van der Waals surface area contributed by atoms with Crippen molar-refractivity contribution >= 4 is 23.3 Å². The monoisotopic (exact) mass is 451 g/mol. The van der Waals surface area contributed by atoms with Crippen LogP contribution in [-0.2, 0) is 6.54 Å². The molecular formula is C25H23F2N3O3. The first kappa shape index (κ1) is 22.3. The van der Waals surface area contributed by atoms with Crippen LogP contribution in [-0.4, -0.2) is 37.0 Å². The molecule has 0 aromatic heterocycles. The van der Waals surface area contributed by atoms with Gasteiger partial charge in [-0.3, -0.25) is 9.69 Å². The molecule has 3 aromatic carbocycles. The number of carbonyl (C=O) groups is 2. The Morgan fingerprint density at radius 1 is 1.00 bits per heavy atom. The van der Waals surface area contributed by atoms with E-state index in [4.69, 9.17) is 4.74 Å². The van der Waals surface area contributed by atoms with Crippen LogP contribution >= 0.6 is 0 Å². The first-order valence-electron chi connectivity index (χ1n) is 10.5. The molecule has 1 aliphatic rings. The quantitative estimate of drug-likeness (QED) is 0.570. The third-order valence-corrected chi connectivity index (χ3v) is 5.37. The van der Waals surface area contributed by atoms with Crippen molar-refractivity contribution in [2.45, 2.75) is 13.0 Å². The maximum atomic E-state index is 13.5. The van der Waals surface area contributed by atoms with Crippen LogP contribution in [0, 0.1) is 11.6 Å². The van der Waals surface area contributed by atoms with E-state index < -0.39 is 11.6 Å². The van der Waals surface area contributed by atoms with Gasteiger partial charge in [0.1, 0.15) is 17.4 Å². The minimum atomic E-state index is -0.674. The van der Waals surface area contributed by atoms with Crippen molar-refractivity contribution < 1.29 is 23.1 Å². The Morgan fingerprint density at radius 2 is 1.73 bits per heavy atom. The van der Waals surface area contributed by atoms with Crippen molar-refractivity contribution in [2.24, 2.45) is 0 Å². The largest absolute Gasteiger partial charge is 0.497 e. The Bertz CT molecular complexity index is 1150. The fourth-order valence-electron chi connectivity index (χ4n) is 3.79. The summed E-state index contributed by atoms with van der Waals surface area (Å²) in [4.78, 5) is 28.8. The van der Waals surface area contributed by atoms with Gasteiger partial charge in [-0.05, 0) is 66.6 Å². The summed E-state index contributed by atoms with van der Waals surface area (Å²) in [7, 11) is 1.56. The fourth-order valence-corrected chi connectivity index (χ4v) is 3.79. The molecule has 0 unspecified atom stereocenters. The van der Waals surface area contributed by atoms with Crippen LogP contribution in [0.3, 0.4) is 0 Å². The summed E-state index contributed by atoms with van der Waals surface area (Å²) in [6, 6.07) is 16.8. The lowest BCUT2D eigenvalue weighted by molar-refractivity contribution is 0.102. The Kier molecular flexibility index (Phi) is 6.53. The van der Waals surface area contributed by atoms with Crippen LogP contribution in [0.25, 0.3) is 0 Å². The highest BCUT2D eigenvalue weighted by molar-refractivity contribution is 6.04. The molecule has 0 aliphatic carbocycles. The predicted molar refractivity (Wildman–Crippen MR) is 122 cm³/mol. The van der Waals surface area contributed by atoms with Gasteiger partial charge >= 0.3 is 6.03 Å². The topological polar surface area (TPSA) is 61.9 Å². The first-order chi connectivity index (χ1) is 15.9. The molecule has 0 radical (unpaired) electrons. The van der Waals surface area contributed by atoms with Gasteiger partial charge in [0, 0.05) is 42.6 Å². The smallest absolute Gasteiger partial charge is 0.324 e. The zero-order valence-corrected chi connectivity index (χ0v) is 18.1. The molecule has 1 fully saturated rings. The summed E-state index contributed by atoms with van der Waals surface area (Å²) >= 11 is 0. The summed E-state index contributed by atoms with van der Waals surface area (Å²) in [5, 5.41) is 2.84. The van der Waals surface area contributed by atoms with E-state index in [9.17, 15) is 18.4 Å². The molecule has 0 saturated carbocycles. The molecular weight excluding hydrogens is 428 g/mol. The molecule has 170 valence electrons. The van der Waals surface area contributed by atoms with Gasteiger partial charge < -0.3 is 15.0 Å². The molecule has 1 N–H and O–H groups in total. The van der Waals surface area contributed by atoms with E-state index in [2.05, 4.69) is 5.32 Å². The van der Waals surface area contributed by atoms with Crippen LogP contribution in [0.1, 0.15) is 22.3 Å². The number of ether oxygens (including phenoxy) is 1. The number of hydrogen-bond acceptors (Lipinski definition) is 3. The second-order valence-electron chi connectivity index (χ2n) is 7.72. The van der Waals surface area contributed by atoms with Crippen LogP contribution < -0.4 is 15.0 Å². The van der Waals surface area contributed by atoms with E-state index in [-0.39, 0.29) is 18.5 Å². The third kappa shape index (κ3) is 5.28. The minimum Gasteiger partial charge on any atom is -0.497 e. The molecule has 33 heavy (non-hydrogen) atoms. The van der Waals surface area contributed by atoms with Gasteiger partial charge in [0.2, 0.25) is 0 Å². The van der Waals surface area contributed by atoms with Crippen molar-refractivity contribution in [3.63, 3.8) is 0 Å². The number of methoxy groups -OCH3 is 1. The lowest BCUT2D eigenvalue weighted by Gasteiger charge is -2.36. The number of anilines is 2. The van der Waals surface area contributed by atoms with Crippen molar-refractivity contribution in [3.05, 3.63) is 89.5 Å². The highest BCUT2D eigenvalue weighted by atomic mass is 19.1. The molecule has 1 heterocycles. The van der Waals surface area contributed by atoms with E-state index in [1.807, 2.05) is 0 Å². The molecule has 1 saturated heterocycles. The predicted octanol–water partition coefficient (Wildman–Crippen LogP) is 5.06. The Balaban J connectivity index is 1.47. The van der Waals surface area contributed by atoms with E-state index in [1.165, 1.54) is 12.1 Å². The van der Waals surface area contributed by atoms with Gasteiger partial charge in [0.05, 0.1) is 7.11 Å². The molecule has 3 aromatic rings. The van der Waals surface area contributed by atoms with Crippen molar-refractivity contribution in [3.8, 4) is 5.75 Å². The van der Waals surface area contributed by atoms with Gasteiger partial charge in [-0.25, -0.2) is 13.6 Å². The lowest BCUT2D eigenvalue weighted by atomic mass is 10.1. The summed E-state index contributed by atoms with van der Waals surface area (Å²) in [5.41, 5.74) is 2.04. The zero-order chi connectivity index (χ0) is 23.4. The summed E-state index contributed by atoms with van der Waals surface area (Å²) in [6.07, 6.45) is 0.700. The molecule has 3 amide bonds. The number of nitrogens with zero attached hydrogens (tertiary/aromatic N) is 2. The van der Waals surface area contributed by atoms with Gasteiger partial charge in [-0.2, -0.15) is 0 Å². The highest BCUT2D eigenvalue weighted by Gasteiger charge is 2.27. The second kappa shape index (κ2) is 9.68. The van der Waals surface area contributed by atoms with Crippen LogP contribution in [0.5, 0.6) is 5.75 Å². The van der Waals surface area contributed by atoms with Crippen molar-refractivity contribution in [2.75, 3.05) is 30.4 Å². The lowest BCUT2D eigenvalue weighted by Crippen LogP contribution is -2.49. The Labute approximate surface area is 190 Å². The van der Waals surface area contributed by atoms with Gasteiger partial charge in [0.15, 0.2) is 0 Å². The number of amides is 3. The maximum absolute atomic E-state index is 13.5. The molecule has 1 aliphatic heterocycles. The Morgan fingerprint density at radius 3 is 2.42 bits per heavy atom. The SMILES string of the molecule is COc1ccc(C(=O)Nc2cccc(N3CCCN(Cc4cc(F)cc(F)c4)C3=O)c2)cc1. The average molecular weight is 451 g/mol. The number of hydrogen-bond donors (Lipinski definition) is 1. The van der Waals surface area contributed by atoms with Gasteiger partial charge in [-0.15, -0.1) is 0 Å². The summed E-state index contributed by atoms with van der Waals surface area (Å²) in [6.45, 7) is 1.10. The first-order valence-corrected chi connectivity index (χ1v) is 10.5. The van der Waals surface area contributed by atoms with E-state index in [0.717, 1.165) is 6.07 Å². The van der Waals surface area contributed by atoms with Gasteiger partial charge in [0.25, 0.3) is 5.91 Å². The molecule has 0 spiro atoms. The third-order valence-electron chi connectivity index (χ3n) is 5.37. The molecule has 8 heteroatoms. The standard InChI is InChI=1S/C25H23F2N3O3/c1-33-23-8-6-18(7-9-23)24(31)28-21-4-2-5-22(15-21)30-11-3-10-29(25(30)32)16-17-12-19(26)14-20(27)13-17/h2,4-9,12-15H,3,10-11,16H2,1H3,(H,28,31). The van der Waals surface area contributed by atoms with Gasteiger partial charge in [-0.1, -0.05) is 6.07 Å². The second-order valence-corrected chi connectivity index (χ2v) is 7.72. The molecule has 0 atom stereocenters. The van der Waals surface area contributed by atoms with Crippen molar-refractivity contribution in [1.29, 1.82) is 0 Å². The van der Waals surface area contributed by atoms with Crippen LogP contribution in [0.2, 0.25) is 0 Å². The average Bonchev–Trinajstić information content (AvgIpc) is 2.80. The Hall–Kier alpha value is -3.94. The number of benzene rings is 3. The molecule has 6 nitrogen and oxygen atoms in total. The molecule has 4 rings (SSSR count). The fraction of sp³-hybridized carbons (Fsp3) is 0.200. The molecule has 0 bridgehead atoms. The van der Waals surface area contributed by atoms with E-state index >= 15 is 0 Å². The van der Waals surface area contributed by atoms with Crippen LogP contribution in [0.4, 0.5) is 25.0 Å². The normalized spacial score (nSPS) is 13.7. The van der Waals surface area contributed by atoms with Crippen LogP contribution in [0.15, 0.2) is 66.7 Å². The number of urea groups is 1. The van der Waals surface area contributed by atoms with E-state index in [1.54, 1.807) is 65.4 Å². The summed E-state index contributed by atoms with van der Waals surface area (Å²) < 4.78 is 32.2. The minimum absolute atomic E-state index is 0.109. The summed E-state index contributed by atoms with van der Waals surface area (Å²) in [5.74, 6) is -0.976. The zero-order valence-electron chi connectivity index (χ0n) is 18.1. The highest BCUT2D eigenvalue weighted by Crippen LogP contribution is 2.25. The number of nitrogens with one attached hydrogen (secondary N) is 1.